The standard InChI is InChI=1S/C11H14BrNO5S/c1-6(7-2-3-7)5-13-19(16,17)9-4-8(11(14)15)18-10(9)12/h4,6-7,13H,2-3,5H2,1H3,(H,14,15). The van der Waals surface area contributed by atoms with Crippen LogP contribution in [0.25, 0.3) is 0 Å². The van der Waals surface area contributed by atoms with E-state index >= 15 is 0 Å². The maximum absolute atomic E-state index is 12.0. The van der Waals surface area contributed by atoms with E-state index in [1.165, 1.54) is 0 Å². The second-order valence-corrected chi connectivity index (χ2v) is 7.18. The summed E-state index contributed by atoms with van der Waals surface area (Å²) in [6, 6.07) is 0.997. The molecule has 0 radical (unpaired) electrons. The first kappa shape index (κ1) is 14.5. The first-order chi connectivity index (χ1) is 8.81. The molecular formula is C11H14BrNO5S. The summed E-state index contributed by atoms with van der Waals surface area (Å²) >= 11 is 2.92. The molecule has 0 saturated heterocycles. The zero-order chi connectivity index (χ0) is 14.2. The average molecular weight is 352 g/mol. The fourth-order valence-corrected chi connectivity index (χ4v) is 3.87. The van der Waals surface area contributed by atoms with Gasteiger partial charge in [0.25, 0.3) is 0 Å². The number of carboxylic acids is 1. The van der Waals surface area contributed by atoms with E-state index in [0.29, 0.717) is 12.5 Å². The Morgan fingerprint density at radius 2 is 2.26 bits per heavy atom. The molecule has 1 aliphatic rings. The first-order valence-electron chi connectivity index (χ1n) is 5.83. The maximum Gasteiger partial charge on any atom is 0.371 e. The van der Waals surface area contributed by atoms with Gasteiger partial charge in [-0.2, -0.15) is 0 Å². The lowest BCUT2D eigenvalue weighted by atomic mass is 10.1. The van der Waals surface area contributed by atoms with E-state index in [2.05, 4.69) is 20.7 Å². The topological polar surface area (TPSA) is 96.6 Å². The van der Waals surface area contributed by atoms with Crippen molar-refractivity contribution in [3.05, 3.63) is 16.5 Å². The lowest BCUT2D eigenvalue weighted by molar-refractivity contribution is 0.0661. The van der Waals surface area contributed by atoms with Crippen LogP contribution in [-0.2, 0) is 10.0 Å². The number of halogens is 1. The van der Waals surface area contributed by atoms with Crippen molar-refractivity contribution in [3.8, 4) is 0 Å². The van der Waals surface area contributed by atoms with Crippen molar-refractivity contribution < 1.29 is 22.7 Å². The van der Waals surface area contributed by atoms with E-state index in [0.717, 1.165) is 18.9 Å². The van der Waals surface area contributed by atoms with Crippen LogP contribution < -0.4 is 4.72 Å². The van der Waals surface area contributed by atoms with Gasteiger partial charge in [0, 0.05) is 12.6 Å². The molecule has 106 valence electrons. The quantitative estimate of drug-likeness (QED) is 0.817. The van der Waals surface area contributed by atoms with Gasteiger partial charge in [-0.1, -0.05) is 6.92 Å². The zero-order valence-corrected chi connectivity index (χ0v) is 12.6. The summed E-state index contributed by atoms with van der Waals surface area (Å²) in [5, 5.41) is 8.76. The SMILES string of the molecule is CC(CNS(=O)(=O)c1cc(C(=O)O)oc1Br)C1CC1. The van der Waals surface area contributed by atoms with Gasteiger partial charge < -0.3 is 9.52 Å². The molecule has 0 aliphatic heterocycles. The average Bonchev–Trinajstić information content (AvgIpc) is 3.09. The number of carbonyl (C=O) groups is 1. The number of hydrogen-bond donors (Lipinski definition) is 2. The van der Waals surface area contributed by atoms with Crippen LogP contribution in [0.1, 0.15) is 30.3 Å². The highest BCUT2D eigenvalue weighted by Crippen LogP contribution is 2.36. The van der Waals surface area contributed by atoms with E-state index in [1.54, 1.807) is 0 Å². The van der Waals surface area contributed by atoms with Gasteiger partial charge in [0.15, 0.2) is 4.67 Å². The van der Waals surface area contributed by atoms with Crippen LogP contribution in [0.4, 0.5) is 0 Å². The Balaban J connectivity index is 2.12. The van der Waals surface area contributed by atoms with Crippen LogP contribution in [0.2, 0.25) is 0 Å². The summed E-state index contributed by atoms with van der Waals surface area (Å²) in [4.78, 5) is 10.5. The van der Waals surface area contributed by atoms with Crippen molar-refractivity contribution in [2.24, 2.45) is 11.8 Å². The molecule has 19 heavy (non-hydrogen) atoms. The van der Waals surface area contributed by atoms with Crippen molar-refractivity contribution in [2.45, 2.75) is 24.7 Å². The highest BCUT2D eigenvalue weighted by atomic mass is 79.9. The monoisotopic (exact) mass is 351 g/mol. The molecule has 1 fully saturated rings. The predicted octanol–water partition coefficient (Wildman–Crippen LogP) is 2.06. The smallest absolute Gasteiger partial charge is 0.371 e. The van der Waals surface area contributed by atoms with E-state index < -0.39 is 21.8 Å². The fourth-order valence-electron chi connectivity index (χ4n) is 1.79. The largest absolute Gasteiger partial charge is 0.475 e. The van der Waals surface area contributed by atoms with E-state index in [9.17, 15) is 13.2 Å². The molecule has 1 saturated carbocycles. The van der Waals surface area contributed by atoms with Gasteiger partial charge in [0.2, 0.25) is 15.8 Å². The second kappa shape index (κ2) is 5.26. The fraction of sp³-hybridized carbons (Fsp3) is 0.545. The van der Waals surface area contributed by atoms with Gasteiger partial charge >= 0.3 is 5.97 Å². The first-order valence-corrected chi connectivity index (χ1v) is 8.11. The number of rotatable bonds is 6. The van der Waals surface area contributed by atoms with Gasteiger partial charge in [-0.05, 0) is 40.6 Å². The van der Waals surface area contributed by atoms with Crippen LogP contribution in [0.15, 0.2) is 20.0 Å². The molecule has 1 atom stereocenters. The molecule has 0 spiro atoms. The summed E-state index contributed by atoms with van der Waals surface area (Å²) in [7, 11) is -3.76. The highest BCUT2D eigenvalue weighted by molar-refractivity contribution is 9.10. The zero-order valence-electron chi connectivity index (χ0n) is 10.2. The molecular weight excluding hydrogens is 338 g/mol. The predicted molar refractivity (Wildman–Crippen MR) is 70.4 cm³/mol. The van der Waals surface area contributed by atoms with Gasteiger partial charge in [0.1, 0.15) is 4.90 Å². The second-order valence-electron chi connectivity index (χ2n) is 4.72. The number of sulfonamides is 1. The third kappa shape index (κ3) is 3.37. The normalized spacial score (nSPS) is 17.4. The van der Waals surface area contributed by atoms with Crippen LogP contribution in [0.5, 0.6) is 0 Å². The summed E-state index contributed by atoms with van der Waals surface area (Å²) in [5.41, 5.74) is 0. The Labute approximate surface area is 119 Å². The lowest BCUT2D eigenvalue weighted by Crippen LogP contribution is -2.29. The summed E-state index contributed by atoms with van der Waals surface area (Å²) in [6.07, 6.45) is 2.28. The Morgan fingerprint density at radius 3 is 2.74 bits per heavy atom. The van der Waals surface area contributed by atoms with Crippen LogP contribution in [-0.4, -0.2) is 26.0 Å². The molecule has 1 heterocycles. The van der Waals surface area contributed by atoms with Crippen LogP contribution >= 0.6 is 15.9 Å². The molecule has 2 N–H and O–H groups in total. The molecule has 2 rings (SSSR count). The van der Waals surface area contributed by atoms with E-state index in [-0.39, 0.29) is 15.5 Å². The molecule has 0 aromatic carbocycles. The van der Waals surface area contributed by atoms with E-state index in [4.69, 9.17) is 9.52 Å². The van der Waals surface area contributed by atoms with Gasteiger partial charge in [0.05, 0.1) is 0 Å². The summed E-state index contributed by atoms with van der Waals surface area (Å²) in [6.45, 7) is 2.33. The van der Waals surface area contributed by atoms with Crippen molar-refractivity contribution in [1.82, 2.24) is 4.72 Å². The Morgan fingerprint density at radius 1 is 1.63 bits per heavy atom. The Bertz CT molecular complexity index is 590. The molecule has 1 aromatic rings. The van der Waals surface area contributed by atoms with Gasteiger partial charge in [-0.15, -0.1) is 0 Å². The van der Waals surface area contributed by atoms with Crippen molar-refractivity contribution >= 4 is 31.9 Å². The molecule has 1 aliphatic carbocycles. The molecule has 0 amide bonds. The lowest BCUT2D eigenvalue weighted by Gasteiger charge is -2.10. The number of furan rings is 1. The molecule has 6 nitrogen and oxygen atoms in total. The van der Waals surface area contributed by atoms with Crippen molar-refractivity contribution in [2.75, 3.05) is 6.54 Å². The van der Waals surface area contributed by atoms with Gasteiger partial charge in [-0.3, -0.25) is 0 Å². The van der Waals surface area contributed by atoms with Crippen LogP contribution in [0.3, 0.4) is 0 Å². The molecule has 8 heteroatoms. The maximum atomic E-state index is 12.0. The van der Waals surface area contributed by atoms with Gasteiger partial charge in [-0.25, -0.2) is 17.9 Å². The minimum Gasteiger partial charge on any atom is -0.475 e. The third-order valence-electron chi connectivity index (χ3n) is 3.18. The summed E-state index contributed by atoms with van der Waals surface area (Å²) in [5.74, 6) is -0.861. The molecule has 1 aromatic heterocycles. The number of hydrogen-bond acceptors (Lipinski definition) is 4. The highest BCUT2D eigenvalue weighted by Gasteiger charge is 2.30. The van der Waals surface area contributed by atoms with Crippen LogP contribution in [0, 0.1) is 11.8 Å². The third-order valence-corrected chi connectivity index (χ3v) is 5.46. The Kier molecular flexibility index (Phi) is 4.03. The number of aromatic carboxylic acids is 1. The Hall–Kier alpha value is -0.860. The molecule has 0 bridgehead atoms. The molecule has 1 unspecified atom stereocenters. The van der Waals surface area contributed by atoms with E-state index in [1.807, 2.05) is 6.92 Å². The summed E-state index contributed by atoms with van der Waals surface area (Å²) < 4.78 is 31.3. The van der Waals surface area contributed by atoms with Crippen molar-refractivity contribution in [1.29, 1.82) is 0 Å². The minimum atomic E-state index is -3.76. The number of carboxylic acid groups (broad SMARTS) is 1. The number of nitrogens with one attached hydrogen (secondary N) is 1. The van der Waals surface area contributed by atoms with Crippen molar-refractivity contribution in [3.63, 3.8) is 0 Å². The minimum absolute atomic E-state index is 0.100.